The third-order valence-corrected chi connectivity index (χ3v) is 4.68. The number of halogens is 2. The summed E-state index contributed by atoms with van der Waals surface area (Å²) in [6.45, 7) is -0.309. The number of carboxylic acid groups (broad SMARTS) is 1. The summed E-state index contributed by atoms with van der Waals surface area (Å²) >= 11 is 5.84. The molecule has 3 rings (SSSR count). The Bertz CT molecular complexity index is 986. The Morgan fingerprint density at radius 1 is 1.07 bits per heavy atom. The lowest BCUT2D eigenvalue weighted by Gasteiger charge is -2.25. The maximum absolute atomic E-state index is 14.5. The predicted octanol–water partition coefficient (Wildman–Crippen LogP) is 3.38. The van der Waals surface area contributed by atoms with Crippen LogP contribution >= 0.6 is 11.6 Å². The number of carbonyl (C=O) groups excluding carboxylic acids is 2. The third-order valence-electron chi connectivity index (χ3n) is 4.42. The topological polar surface area (TPSA) is 94.9 Å². The molecule has 0 aromatic heterocycles. The molecule has 8 heteroatoms. The molecule has 0 saturated carbocycles. The van der Waals surface area contributed by atoms with Gasteiger partial charge < -0.3 is 15.1 Å². The van der Waals surface area contributed by atoms with Crippen molar-refractivity contribution < 1.29 is 29.0 Å². The van der Waals surface area contributed by atoms with Gasteiger partial charge in [0.15, 0.2) is 0 Å². The minimum Gasteiger partial charge on any atom is -0.507 e. The molecule has 0 radical (unpaired) electrons. The zero-order valence-corrected chi connectivity index (χ0v) is 15.2. The molecule has 0 aliphatic carbocycles. The van der Waals surface area contributed by atoms with E-state index in [1.807, 2.05) is 0 Å². The molecule has 1 unspecified atom stereocenters. The van der Waals surface area contributed by atoms with Gasteiger partial charge in [0.05, 0.1) is 18.0 Å². The van der Waals surface area contributed by atoms with Crippen LogP contribution in [0.15, 0.2) is 54.1 Å². The van der Waals surface area contributed by atoms with Gasteiger partial charge in [-0.2, -0.15) is 0 Å². The van der Waals surface area contributed by atoms with Gasteiger partial charge in [-0.15, -0.1) is 0 Å². The number of aliphatic hydroxyl groups excluding tert-OH is 1. The van der Waals surface area contributed by atoms with Gasteiger partial charge in [-0.05, 0) is 30.3 Å². The van der Waals surface area contributed by atoms with Gasteiger partial charge in [-0.25, -0.2) is 4.39 Å². The second-order valence-electron chi connectivity index (χ2n) is 6.16. The Balaban J connectivity index is 2.18. The first-order valence-corrected chi connectivity index (χ1v) is 8.69. The smallest absolute Gasteiger partial charge is 0.305 e. The van der Waals surface area contributed by atoms with Crippen molar-refractivity contribution in [3.63, 3.8) is 0 Å². The van der Waals surface area contributed by atoms with Crippen LogP contribution in [0.5, 0.6) is 0 Å². The number of carbonyl (C=O) groups is 3. The van der Waals surface area contributed by atoms with E-state index < -0.39 is 41.7 Å². The molecule has 1 heterocycles. The van der Waals surface area contributed by atoms with Crippen molar-refractivity contribution in [1.29, 1.82) is 0 Å². The summed E-state index contributed by atoms with van der Waals surface area (Å²) in [5.74, 6) is -4.35. The molecule has 6 nitrogen and oxygen atoms in total. The Hall–Kier alpha value is -3.19. The average Bonchev–Trinajstić information content (AvgIpc) is 2.91. The van der Waals surface area contributed by atoms with E-state index in [1.54, 1.807) is 0 Å². The summed E-state index contributed by atoms with van der Waals surface area (Å²) in [6, 6.07) is 10.2. The number of benzene rings is 2. The Labute approximate surface area is 164 Å². The number of aliphatic carboxylic acids is 1. The first kappa shape index (κ1) is 19.6. The van der Waals surface area contributed by atoms with Gasteiger partial charge in [0.1, 0.15) is 11.6 Å². The van der Waals surface area contributed by atoms with Gasteiger partial charge in [0.25, 0.3) is 11.7 Å². The summed E-state index contributed by atoms with van der Waals surface area (Å²) in [7, 11) is 0. The molecule has 2 aromatic rings. The van der Waals surface area contributed by atoms with E-state index in [0.717, 1.165) is 11.0 Å². The summed E-state index contributed by atoms with van der Waals surface area (Å²) < 4.78 is 14.5. The SMILES string of the molecule is O=C(O)CCN1C(=O)C(=O)/C(=C(/O)c2ccc(Cl)cc2)C1c1ccccc1F. The highest BCUT2D eigenvalue weighted by Gasteiger charge is 2.46. The van der Waals surface area contributed by atoms with E-state index in [9.17, 15) is 23.9 Å². The molecule has 1 aliphatic heterocycles. The molecule has 1 amide bonds. The molecule has 0 bridgehead atoms. The summed E-state index contributed by atoms with van der Waals surface area (Å²) in [5.41, 5.74) is -0.0904. The van der Waals surface area contributed by atoms with E-state index in [2.05, 4.69) is 0 Å². The van der Waals surface area contributed by atoms with Gasteiger partial charge in [0, 0.05) is 22.7 Å². The van der Waals surface area contributed by atoms with E-state index in [1.165, 1.54) is 42.5 Å². The van der Waals surface area contributed by atoms with Crippen molar-refractivity contribution in [3.05, 3.63) is 76.1 Å². The largest absolute Gasteiger partial charge is 0.507 e. The fourth-order valence-corrected chi connectivity index (χ4v) is 3.24. The van der Waals surface area contributed by atoms with Crippen LogP contribution in [0.2, 0.25) is 5.02 Å². The normalized spacial score (nSPS) is 18.5. The lowest BCUT2D eigenvalue weighted by Crippen LogP contribution is -2.32. The maximum atomic E-state index is 14.5. The fraction of sp³-hybridized carbons (Fsp3) is 0.150. The molecule has 1 saturated heterocycles. The summed E-state index contributed by atoms with van der Waals surface area (Å²) in [4.78, 5) is 37.1. The maximum Gasteiger partial charge on any atom is 0.305 e. The van der Waals surface area contributed by atoms with Crippen LogP contribution in [0.4, 0.5) is 4.39 Å². The lowest BCUT2D eigenvalue weighted by atomic mass is 9.95. The van der Waals surface area contributed by atoms with Gasteiger partial charge >= 0.3 is 5.97 Å². The highest BCUT2D eigenvalue weighted by atomic mass is 35.5. The molecule has 2 N–H and O–H groups in total. The van der Waals surface area contributed by atoms with Gasteiger partial charge in [-0.3, -0.25) is 14.4 Å². The number of amides is 1. The van der Waals surface area contributed by atoms with Gasteiger partial charge in [0.2, 0.25) is 0 Å². The number of aliphatic hydroxyl groups is 1. The van der Waals surface area contributed by atoms with E-state index in [-0.39, 0.29) is 23.2 Å². The zero-order valence-electron chi connectivity index (χ0n) is 14.4. The number of hydrogen-bond donors (Lipinski definition) is 2. The molecular weight excluding hydrogens is 389 g/mol. The Morgan fingerprint density at radius 3 is 2.32 bits per heavy atom. The van der Waals surface area contributed by atoms with Crippen LogP contribution in [0.25, 0.3) is 5.76 Å². The van der Waals surface area contributed by atoms with E-state index in [0.29, 0.717) is 5.02 Å². The summed E-state index contributed by atoms with van der Waals surface area (Å²) in [5, 5.41) is 20.1. The van der Waals surface area contributed by atoms with Crippen molar-refractivity contribution in [2.45, 2.75) is 12.5 Å². The van der Waals surface area contributed by atoms with Crippen LogP contribution in [-0.2, 0) is 14.4 Å². The zero-order chi connectivity index (χ0) is 20.4. The second-order valence-corrected chi connectivity index (χ2v) is 6.60. The average molecular weight is 404 g/mol. The molecule has 0 spiro atoms. The van der Waals surface area contributed by atoms with E-state index >= 15 is 0 Å². The van der Waals surface area contributed by atoms with Crippen LogP contribution in [0.3, 0.4) is 0 Å². The monoisotopic (exact) mass is 403 g/mol. The third kappa shape index (κ3) is 3.61. The van der Waals surface area contributed by atoms with Crippen molar-refractivity contribution in [1.82, 2.24) is 4.90 Å². The van der Waals surface area contributed by atoms with Crippen molar-refractivity contribution in [3.8, 4) is 0 Å². The Morgan fingerprint density at radius 2 is 1.71 bits per heavy atom. The number of hydrogen-bond acceptors (Lipinski definition) is 4. The van der Waals surface area contributed by atoms with Crippen LogP contribution in [0.1, 0.15) is 23.6 Å². The first-order chi connectivity index (χ1) is 13.3. The second kappa shape index (κ2) is 7.82. The number of nitrogens with zero attached hydrogens (tertiary/aromatic N) is 1. The standard InChI is InChI=1S/C20H15ClFNO5/c21-12-7-5-11(6-8-12)18(26)16-17(13-3-1-2-4-14(13)22)23(10-9-15(24)25)20(28)19(16)27/h1-8,17,26H,9-10H2,(H,24,25)/b18-16+. The van der Waals surface area contributed by atoms with Crippen molar-refractivity contribution in [2.75, 3.05) is 6.54 Å². The molecule has 1 atom stereocenters. The van der Waals surface area contributed by atoms with Crippen LogP contribution < -0.4 is 0 Å². The molecular formula is C20H15ClFNO5. The highest BCUT2D eigenvalue weighted by molar-refractivity contribution is 6.46. The van der Waals surface area contributed by atoms with Gasteiger partial charge in [-0.1, -0.05) is 29.8 Å². The molecule has 144 valence electrons. The predicted molar refractivity (Wildman–Crippen MR) is 99.1 cm³/mol. The number of ketones is 1. The lowest BCUT2D eigenvalue weighted by molar-refractivity contribution is -0.142. The quantitative estimate of drug-likeness (QED) is 0.453. The van der Waals surface area contributed by atoms with Crippen LogP contribution in [-0.4, -0.2) is 39.3 Å². The molecule has 2 aromatic carbocycles. The molecule has 1 fully saturated rings. The number of Topliss-reactive ketones (excluding diaryl/α,β-unsaturated/α-hetero) is 1. The fourth-order valence-electron chi connectivity index (χ4n) is 3.11. The number of carboxylic acids is 1. The first-order valence-electron chi connectivity index (χ1n) is 8.32. The number of likely N-dealkylation sites (tertiary alicyclic amines) is 1. The van der Waals surface area contributed by atoms with Crippen molar-refractivity contribution in [2.24, 2.45) is 0 Å². The molecule has 28 heavy (non-hydrogen) atoms. The van der Waals surface area contributed by atoms with Crippen molar-refractivity contribution >= 4 is 35.0 Å². The number of rotatable bonds is 5. The Kier molecular flexibility index (Phi) is 5.46. The minimum atomic E-state index is -1.24. The summed E-state index contributed by atoms with van der Waals surface area (Å²) in [6.07, 6.45) is -0.432. The van der Waals surface area contributed by atoms with E-state index in [4.69, 9.17) is 16.7 Å². The minimum absolute atomic E-state index is 0.0115. The van der Waals surface area contributed by atoms with Crippen LogP contribution in [0, 0.1) is 5.82 Å². The highest BCUT2D eigenvalue weighted by Crippen LogP contribution is 2.40. The molecule has 1 aliphatic rings.